The molecule has 0 aromatic heterocycles. The fourth-order valence-corrected chi connectivity index (χ4v) is 4.63. The van der Waals surface area contributed by atoms with E-state index < -0.39 is 81.7 Å². The van der Waals surface area contributed by atoms with Crippen LogP contribution in [0.1, 0.15) is 20.3 Å². The van der Waals surface area contributed by atoms with Crippen LogP contribution in [-0.4, -0.2) is 66.8 Å². The van der Waals surface area contributed by atoms with Crippen molar-refractivity contribution in [1.82, 2.24) is 0 Å². The average Bonchev–Trinajstić information content (AvgIpc) is 2.71. The Balaban J connectivity index is 2.49. The van der Waals surface area contributed by atoms with Gasteiger partial charge in [-0.15, -0.1) is 0 Å². The third kappa shape index (κ3) is 4.73. The lowest BCUT2D eigenvalue weighted by Gasteiger charge is -2.38. The summed E-state index contributed by atoms with van der Waals surface area (Å²) >= 11 is 0. The summed E-state index contributed by atoms with van der Waals surface area (Å²) in [6.45, 7) is 2.43. The van der Waals surface area contributed by atoms with Crippen molar-refractivity contribution in [2.75, 3.05) is 5.75 Å². The molecule has 1 heterocycles. The van der Waals surface area contributed by atoms with Gasteiger partial charge in [0.05, 0.1) is 0 Å². The molecule has 4 unspecified atom stereocenters. The minimum absolute atomic E-state index is 0.155. The zero-order valence-electron chi connectivity index (χ0n) is 15.7. The van der Waals surface area contributed by atoms with Crippen LogP contribution in [0.15, 0.2) is 0 Å². The molecule has 2 bridgehead atoms. The Kier molecular flexibility index (Phi) is 6.33. The Morgan fingerprint density at radius 1 is 1.16 bits per heavy atom. The van der Waals surface area contributed by atoms with E-state index in [9.17, 15) is 49.1 Å². The smallest absolute Gasteiger partial charge is 0.438 e. The summed E-state index contributed by atoms with van der Waals surface area (Å²) < 4.78 is 124. The average molecular weight is 486 g/mol. The van der Waals surface area contributed by atoms with Crippen molar-refractivity contribution in [3.8, 4) is 0 Å². The number of halogens is 6. The summed E-state index contributed by atoms with van der Waals surface area (Å²) in [5.41, 5.74) is -5.66. The van der Waals surface area contributed by atoms with E-state index in [1.54, 1.807) is 0 Å². The van der Waals surface area contributed by atoms with Gasteiger partial charge in [0, 0.05) is 12.8 Å². The van der Waals surface area contributed by atoms with Gasteiger partial charge in [-0.3, -0.25) is 18.9 Å². The Hall–Kier alpha value is -2.10. The second-order valence-electron chi connectivity index (χ2n) is 7.30. The van der Waals surface area contributed by atoms with Gasteiger partial charge >= 0.3 is 35.9 Å². The van der Waals surface area contributed by atoms with Crippen LogP contribution in [0.2, 0.25) is 0 Å². The van der Waals surface area contributed by atoms with Crippen molar-refractivity contribution in [2.45, 2.75) is 50.4 Å². The second-order valence-corrected chi connectivity index (χ2v) is 8.75. The topological polar surface area (TPSA) is 133 Å². The first kappa shape index (κ1) is 25.2. The monoisotopic (exact) mass is 486 g/mol. The zero-order valence-corrected chi connectivity index (χ0v) is 16.5. The van der Waals surface area contributed by atoms with Gasteiger partial charge in [-0.1, -0.05) is 6.92 Å². The summed E-state index contributed by atoms with van der Waals surface area (Å²) in [6, 6.07) is 0. The predicted molar refractivity (Wildman–Crippen MR) is 83.5 cm³/mol. The number of esters is 3. The van der Waals surface area contributed by atoms with E-state index in [1.165, 1.54) is 6.92 Å². The van der Waals surface area contributed by atoms with Crippen LogP contribution >= 0.6 is 0 Å². The lowest BCUT2D eigenvalue weighted by atomic mass is 9.86. The summed E-state index contributed by atoms with van der Waals surface area (Å²) in [5, 5.41) is 0. The van der Waals surface area contributed by atoms with Crippen molar-refractivity contribution in [2.24, 2.45) is 17.8 Å². The van der Waals surface area contributed by atoms with E-state index in [-0.39, 0.29) is 6.42 Å². The van der Waals surface area contributed by atoms with Crippen LogP contribution in [0.4, 0.5) is 26.3 Å². The number of hydrogen-bond acceptors (Lipinski definition) is 8. The minimum Gasteiger partial charge on any atom is -0.458 e. The molecule has 1 aliphatic carbocycles. The first-order valence-corrected chi connectivity index (χ1v) is 10.1. The van der Waals surface area contributed by atoms with E-state index in [2.05, 4.69) is 4.74 Å². The highest BCUT2D eigenvalue weighted by Crippen LogP contribution is 2.49. The first-order valence-electron chi connectivity index (χ1n) is 8.50. The highest BCUT2D eigenvalue weighted by molar-refractivity contribution is 7.85. The van der Waals surface area contributed by atoms with Crippen LogP contribution in [-0.2, 0) is 38.7 Å². The fourth-order valence-electron chi connectivity index (χ4n) is 3.73. The van der Waals surface area contributed by atoms with Gasteiger partial charge < -0.3 is 14.2 Å². The normalized spacial score (nSPS) is 29.3. The van der Waals surface area contributed by atoms with Crippen molar-refractivity contribution in [1.29, 1.82) is 0 Å². The van der Waals surface area contributed by atoms with E-state index >= 15 is 0 Å². The van der Waals surface area contributed by atoms with E-state index in [1.807, 2.05) is 0 Å². The van der Waals surface area contributed by atoms with Crippen molar-refractivity contribution >= 4 is 28.0 Å². The Morgan fingerprint density at radius 2 is 1.68 bits per heavy atom. The number of carbonyl (C=O) groups is 3. The molecule has 5 atom stereocenters. The molecule has 31 heavy (non-hydrogen) atoms. The molecule has 0 radical (unpaired) electrons. The fraction of sp³-hybridized carbons (Fsp3) is 0.800. The second kappa shape index (κ2) is 7.79. The van der Waals surface area contributed by atoms with Gasteiger partial charge in [-0.05, 0) is 12.3 Å². The lowest BCUT2D eigenvalue weighted by molar-refractivity contribution is -0.362. The molecular weight excluding hydrogens is 470 g/mol. The highest BCUT2D eigenvalue weighted by Gasteiger charge is 2.76. The standard InChI is InChI=1S/C15H16F6O9S/c1-5-3-7-8(11(23)29-9(5)10(7)28-6(2)22)12(24)30-13(14(16,17)18,15(19,20)21)4-31(25,26)27/h5,7-10H,3-4H2,1-2H3,(H,25,26,27)/t5?,7?,8-,9?,10?/m1/s1. The Bertz CT molecular complexity index is 851. The molecule has 16 heteroatoms. The first-order chi connectivity index (χ1) is 13.8. The molecule has 2 rings (SSSR count). The molecule has 0 aromatic carbocycles. The third-order valence-electron chi connectivity index (χ3n) is 5.02. The number of fused-ring (bicyclic) bond motifs is 2. The van der Waals surface area contributed by atoms with Crippen LogP contribution in [0.5, 0.6) is 0 Å². The van der Waals surface area contributed by atoms with Crippen molar-refractivity contribution in [3.63, 3.8) is 0 Å². The van der Waals surface area contributed by atoms with Crippen molar-refractivity contribution in [3.05, 3.63) is 0 Å². The number of hydrogen-bond donors (Lipinski definition) is 1. The van der Waals surface area contributed by atoms with Gasteiger partial charge in [0.15, 0.2) is 5.92 Å². The molecule has 2 aliphatic rings. The maximum Gasteiger partial charge on any atom is 0.438 e. The number of rotatable bonds is 5. The van der Waals surface area contributed by atoms with E-state index in [4.69, 9.17) is 14.0 Å². The predicted octanol–water partition coefficient (Wildman–Crippen LogP) is 1.41. The largest absolute Gasteiger partial charge is 0.458 e. The molecule has 2 fully saturated rings. The van der Waals surface area contributed by atoms with E-state index in [0.29, 0.717) is 0 Å². The Labute approximate surface area is 170 Å². The molecule has 1 aliphatic heterocycles. The summed E-state index contributed by atoms with van der Waals surface area (Å²) in [4.78, 5) is 35.8. The Morgan fingerprint density at radius 3 is 2.10 bits per heavy atom. The molecule has 9 nitrogen and oxygen atoms in total. The molecule has 178 valence electrons. The van der Waals surface area contributed by atoms with Gasteiger partial charge in [0.2, 0.25) is 0 Å². The van der Waals surface area contributed by atoms with Crippen LogP contribution in [0, 0.1) is 17.8 Å². The molecule has 1 saturated heterocycles. The molecule has 1 saturated carbocycles. The minimum atomic E-state index is -6.55. The van der Waals surface area contributed by atoms with Crippen LogP contribution < -0.4 is 0 Å². The highest BCUT2D eigenvalue weighted by atomic mass is 32.2. The summed E-state index contributed by atoms with van der Waals surface area (Å²) in [5.74, 6) is -12.2. The molecule has 0 amide bonds. The van der Waals surface area contributed by atoms with Crippen LogP contribution in [0.3, 0.4) is 0 Å². The van der Waals surface area contributed by atoms with Gasteiger partial charge in [0.1, 0.15) is 18.0 Å². The van der Waals surface area contributed by atoms with Gasteiger partial charge in [0.25, 0.3) is 10.1 Å². The van der Waals surface area contributed by atoms with Gasteiger partial charge in [-0.25, -0.2) is 0 Å². The summed E-state index contributed by atoms with van der Waals surface area (Å²) in [6.07, 6.45) is -15.7. The number of alkyl halides is 6. The molecule has 0 aromatic rings. The molecular formula is C15H16F6O9S. The quantitative estimate of drug-likeness (QED) is 0.201. The molecule has 0 spiro atoms. The zero-order chi connectivity index (χ0) is 24.2. The maximum absolute atomic E-state index is 13.4. The summed E-state index contributed by atoms with van der Waals surface area (Å²) in [7, 11) is -5.99. The van der Waals surface area contributed by atoms with E-state index in [0.717, 1.165) is 6.92 Å². The SMILES string of the molecule is CC(=O)OC1C2OC(=O)[C@H](C(=O)OC(CS(=O)(=O)O)(C(F)(F)F)C(F)(F)F)C1CC2C. The van der Waals surface area contributed by atoms with Crippen LogP contribution in [0.25, 0.3) is 0 Å². The maximum atomic E-state index is 13.4. The number of ether oxygens (including phenoxy) is 3. The lowest BCUT2D eigenvalue weighted by Crippen LogP contribution is -2.64. The van der Waals surface area contributed by atoms with Crippen molar-refractivity contribution < 1.29 is 67.9 Å². The van der Waals surface area contributed by atoms with Gasteiger partial charge in [-0.2, -0.15) is 34.8 Å². The molecule has 1 N–H and O–H groups in total. The third-order valence-corrected chi connectivity index (χ3v) is 5.79. The number of carbonyl (C=O) groups excluding carboxylic acids is 3.